The molecule has 5 nitrogen and oxygen atoms in total. The third kappa shape index (κ3) is 2.46. The molecule has 0 saturated carbocycles. The van der Waals surface area contributed by atoms with E-state index in [1.54, 1.807) is 24.3 Å². The van der Waals surface area contributed by atoms with Crippen LogP contribution in [0.25, 0.3) is 0 Å². The minimum Gasteiger partial charge on any atom is -0.274 e. The molecule has 6 heteroatoms. The van der Waals surface area contributed by atoms with Crippen molar-refractivity contribution in [2.45, 2.75) is 30.8 Å². The van der Waals surface area contributed by atoms with Crippen molar-refractivity contribution in [3.63, 3.8) is 0 Å². The molecule has 0 radical (unpaired) electrons. The summed E-state index contributed by atoms with van der Waals surface area (Å²) >= 11 is 5.97. The normalized spacial score (nSPS) is 28.5. The average Bonchev–Trinajstić information content (AvgIpc) is 3.33. The highest BCUT2D eigenvalue weighted by Gasteiger charge is 2.63. The van der Waals surface area contributed by atoms with Gasteiger partial charge in [-0.2, -0.15) is 0 Å². The molecule has 1 spiro atoms. The van der Waals surface area contributed by atoms with Crippen molar-refractivity contribution in [2.24, 2.45) is 0 Å². The second-order valence-electron chi connectivity index (χ2n) is 7.49. The predicted molar refractivity (Wildman–Crippen MR) is 103 cm³/mol. The van der Waals surface area contributed by atoms with Crippen LogP contribution in [0.1, 0.15) is 30.9 Å². The molecule has 3 aliphatic heterocycles. The number of carbonyl (C=O) groups is 2. The number of hydrazine groups is 1. The zero-order valence-corrected chi connectivity index (χ0v) is 15.6. The first-order valence-electron chi connectivity index (χ1n) is 9.32. The van der Waals surface area contributed by atoms with Crippen LogP contribution in [0.4, 0.5) is 5.69 Å². The summed E-state index contributed by atoms with van der Waals surface area (Å²) in [5.41, 5.74) is 1.03. The average molecular weight is 382 g/mol. The predicted octanol–water partition coefficient (Wildman–Crippen LogP) is 3.41. The number of hydrogen-bond acceptors (Lipinski definition) is 4. The highest BCUT2D eigenvalue weighted by molar-refractivity contribution is 6.31. The lowest BCUT2D eigenvalue weighted by atomic mass is 9.88. The van der Waals surface area contributed by atoms with Crippen LogP contribution in [0.15, 0.2) is 54.6 Å². The third-order valence-electron chi connectivity index (χ3n) is 6.02. The first-order valence-corrected chi connectivity index (χ1v) is 9.70. The molecule has 0 bridgehead atoms. The Morgan fingerprint density at radius 2 is 1.70 bits per heavy atom. The summed E-state index contributed by atoms with van der Waals surface area (Å²) in [6.45, 7) is 1.74. The number of rotatable bonds is 2. The smallest absolute Gasteiger partial charge is 0.256 e. The summed E-state index contributed by atoms with van der Waals surface area (Å²) in [5, 5.41) is 5.05. The summed E-state index contributed by atoms with van der Waals surface area (Å²) in [4.78, 5) is 27.8. The molecule has 27 heavy (non-hydrogen) atoms. The Bertz CT molecular complexity index is 901. The molecule has 2 aromatic carbocycles. The van der Waals surface area contributed by atoms with Crippen LogP contribution in [0.5, 0.6) is 0 Å². The lowest BCUT2D eigenvalue weighted by Gasteiger charge is -2.32. The molecule has 3 aliphatic rings. The van der Waals surface area contributed by atoms with E-state index in [-0.39, 0.29) is 24.3 Å². The lowest BCUT2D eigenvalue weighted by Crippen LogP contribution is -2.52. The van der Waals surface area contributed by atoms with Gasteiger partial charge >= 0.3 is 0 Å². The molecule has 2 aromatic rings. The Morgan fingerprint density at radius 3 is 2.44 bits per heavy atom. The SMILES string of the molecule is O=C1C[C@]2(C[C@@H](c3ccccc3)N3CCCN32)C(=O)N1c1ccc(Cl)cc1. The number of hydrogen-bond donors (Lipinski definition) is 0. The van der Waals surface area contributed by atoms with Crippen molar-refractivity contribution in [3.05, 3.63) is 65.2 Å². The maximum Gasteiger partial charge on any atom is 0.256 e. The van der Waals surface area contributed by atoms with E-state index in [2.05, 4.69) is 22.2 Å². The molecule has 0 unspecified atom stereocenters. The van der Waals surface area contributed by atoms with E-state index in [4.69, 9.17) is 11.6 Å². The van der Waals surface area contributed by atoms with Crippen molar-refractivity contribution in [2.75, 3.05) is 18.0 Å². The van der Waals surface area contributed by atoms with Crippen LogP contribution < -0.4 is 4.90 Å². The van der Waals surface area contributed by atoms with Gasteiger partial charge in [-0.1, -0.05) is 41.9 Å². The number of halogens is 1. The number of nitrogens with zero attached hydrogens (tertiary/aromatic N) is 3. The van der Waals surface area contributed by atoms with Gasteiger partial charge in [0, 0.05) is 18.1 Å². The monoisotopic (exact) mass is 381 g/mol. The molecule has 3 saturated heterocycles. The maximum atomic E-state index is 13.5. The van der Waals surface area contributed by atoms with Gasteiger partial charge < -0.3 is 0 Å². The molecule has 0 N–H and O–H groups in total. The number of anilines is 1. The van der Waals surface area contributed by atoms with E-state index in [0.29, 0.717) is 17.1 Å². The fourth-order valence-corrected chi connectivity index (χ4v) is 4.98. The van der Waals surface area contributed by atoms with Crippen molar-refractivity contribution in [1.82, 2.24) is 10.0 Å². The molecule has 3 heterocycles. The van der Waals surface area contributed by atoms with E-state index in [1.165, 1.54) is 10.5 Å². The van der Waals surface area contributed by atoms with Crippen LogP contribution in [-0.4, -0.2) is 40.5 Å². The molecule has 3 fully saturated rings. The Kier molecular flexibility index (Phi) is 3.86. The highest BCUT2D eigenvalue weighted by Crippen LogP contribution is 2.50. The number of imide groups is 1. The van der Waals surface area contributed by atoms with Crippen molar-refractivity contribution in [3.8, 4) is 0 Å². The number of carbonyl (C=O) groups excluding carboxylic acids is 2. The van der Waals surface area contributed by atoms with E-state index >= 15 is 0 Å². The summed E-state index contributed by atoms with van der Waals surface area (Å²) < 4.78 is 0. The van der Waals surface area contributed by atoms with Crippen LogP contribution >= 0.6 is 11.6 Å². The second kappa shape index (κ2) is 6.16. The summed E-state index contributed by atoms with van der Waals surface area (Å²) in [5.74, 6) is -0.247. The van der Waals surface area contributed by atoms with Gasteiger partial charge in [0.05, 0.1) is 18.2 Å². The third-order valence-corrected chi connectivity index (χ3v) is 6.27. The Labute approximate surface area is 163 Å². The molecule has 138 valence electrons. The first kappa shape index (κ1) is 16.9. The number of amides is 2. The highest BCUT2D eigenvalue weighted by atomic mass is 35.5. The topological polar surface area (TPSA) is 43.9 Å². The summed E-state index contributed by atoms with van der Waals surface area (Å²) in [7, 11) is 0. The van der Waals surface area contributed by atoms with Gasteiger partial charge in [0.2, 0.25) is 5.91 Å². The molecular formula is C21H20ClN3O2. The van der Waals surface area contributed by atoms with Crippen LogP contribution in [-0.2, 0) is 9.59 Å². The van der Waals surface area contributed by atoms with Crippen molar-refractivity contribution < 1.29 is 9.59 Å². The molecule has 2 atom stereocenters. The minimum atomic E-state index is -0.770. The van der Waals surface area contributed by atoms with Gasteiger partial charge in [0.25, 0.3) is 5.91 Å². The van der Waals surface area contributed by atoms with Gasteiger partial charge in [-0.15, -0.1) is 0 Å². The minimum absolute atomic E-state index is 0.111. The zero-order valence-electron chi connectivity index (χ0n) is 14.8. The van der Waals surface area contributed by atoms with Gasteiger partial charge in [0.15, 0.2) is 0 Å². The van der Waals surface area contributed by atoms with Gasteiger partial charge in [-0.3, -0.25) is 9.59 Å². The lowest BCUT2D eigenvalue weighted by molar-refractivity contribution is -0.131. The Morgan fingerprint density at radius 1 is 0.963 bits per heavy atom. The summed E-state index contributed by atoms with van der Waals surface area (Å²) in [6, 6.07) is 17.3. The van der Waals surface area contributed by atoms with Crippen LogP contribution in [0, 0.1) is 0 Å². The van der Waals surface area contributed by atoms with Crippen LogP contribution in [0.2, 0.25) is 5.02 Å². The van der Waals surface area contributed by atoms with Crippen LogP contribution in [0.3, 0.4) is 0 Å². The molecule has 2 amide bonds. The van der Waals surface area contributed by atoms with Crippen molar-refractivity contribution >= 4 is 29.1 Å². The van der Waals surface area contributed by atoms with Gasteiger partial charge in [0.1, 0.15) is 5.54 Å². The van der Waals surface area contributed by atoms with Gasteiger partial charge in [-0.25, -0.2) is 14.9 Å². The standard InChI is InChI=1S/C21H20ClN3O2/c22-16-7-9-17(10-8-16)25-19(26)14-21(20(25)27)13-18(15-5-2-1-3-6-15)23-11-4-12-24(21)23/h1-3,5-10,18H,4,11-14H2/t18-,21+/m0/s1. The quantitative estimate of drug-likeness (QED) is 0.748. The summed E-state index contributed by atoms with van der Waals surface area (Å²) in [6.07, 6.45) is 1.88. The maximum absolute atomic E-state index is 13.5. The van der Waals surface area contributed by atoms with E-state index < -0.39 is 5.54 Å². The van der Waals surface area contributed by atoms with Crippen molar-refractivity contribution in [1.29, 1.82) is 0 Å². The molecule has 0 aromatic heterocycles. The molecule has 5 rings (SSSR count). The zero-order chi connectivity index (χ0) is 18.6. The van der Waals surface area contributed by atoms with Gasteiger partial charge in [-0.05, 0) is 42.7 Å². The fraction of sp³-hybridized carbons (Fsp3) is 0.333. The molecular weight excluding hydrogens is 362 g/mol. The molecule has 0 aliphatic carbocycles. The second-order valence-corrected chi connectivity index (χ2v) is 7.93. The Hall–Kier alpha value is -2.21. The number of fused-ring (bicyclic) bond motifs is 2. The largest absolute Gasteiger partial charge is 0.274 e. The van der Waals surface area contributed by atoms with E-state index in [0.717, 1.165) is 19.5 Å². The first-order chi connectivity index (χ1) is 13.1. The Balaban J connectivity index is 1.53. The number of benzene rings is 2. The van der Waals surface area contributed by atoms with E-state index in [1.807, 2.05) is 18.2 Å². The van der Waals surface area contributed by atoms with E-state index in [9.17, 15) is 9.59 Å². The fourth-order valence-electron chi connectivity index (χ4n) is 4.85.